The second-order valence-corrected chi connectivity index (χ2v) is 12.0. The SMILES string of the molecule is CNC(=O)c1ccc(/C=C/C(=O)NCC(=O)N(C)c2ccc(Cl)c(COc3cccc4c(N(CCOC)CCOC)cc(C)nc34)c2Cl)cc1. The van der Waals surface area contributed by atoms with Crippen LogP contribution in [-0.4, -0.2) is 83.9 Å². The molecule has 0 fully saturated rings. The first kappa shape index (κ1) is 38.1. The lowest BCUT2D eigenvalue weighted by Crippen LogP contribution is -2.37. The van der Waals surface area contributed by atoms with Gasteiger partial charge < -0.3 is 34.6 Å². The predicted molar refractivity (Wildman–Crippen MR) is 199 cm³/mol. The number of fused-ring (bicyclic) bond motifs is 1. The quantitative estimate of drug-likeness (QED) is 0.142. The van der Waals surface area contributed by atoms with Crippen LogP contribution in [0.2, 0.25) is 10.0 Å². The van der Waals surface area contributed by atoms with Gasteiger partial charge in [0.1, 0.15) is 17.9 Å². The molecule has 13 heteroatoms. The molecule has 0 unspecified atom stereocenters. The van der Waals surface area contributed by atoms with Crippen LogP contribution in [0.3, 0.4) is 0 Å². The maximum atomic E-state index is 13.1. The molecule has 3 amide bonds. The van der Waals surface area contributed by atoms with E-state index in [2.05, 4.69) is 15.5 Å². The number of halogens is 2. The van der Waals surface area contributed by atoms with Crippen molar-refractivity contribution in [2.24, 2.45) is 0 Å². The number of anilines is 2. The number of aromatic nitrogens is 1. The lowest BCUT2D eigenvalue weighted by Gasteiger charge is -2.26. The van der Waals surface area contributed by atoms with Gasteiger partial charge in [0.05, 0.1) is 30.5 Å². The van der Waals surface area contributed by atoms with Gasteiger partial charge in [-0.15, -0.1) is 0 Å². The number of amides is 3. The summed E-state index contributed by atoms with van der Waals surface area (Å²) in [6.07, 6.45) is 2.90. The Labute approximate surface area is 302 Å². The molecule has 0 aliphatic rings. The number of nitrogens with one attached hydrogen (secondary N) is 2. The number of carbonyl (C=O) groups is 3. The minimum absolute atomic E-state index is 0.0142. The summed E-state index contributed by atoms with van der Waals surface area (Å²) in [5, 5.41) is 6.67. The third-order valence-corrected chi connectivity index (χ3v) is 8.67. The summed E-state index contributed by atoms with van der Waals surface area (Å²) in [4.78, 5) is 45.6. The summed E-state index contributed by atoms with van der Waals surface area (Å²) in [5.41, 5.74) is 4.62. The molecule has 50 heavy (non-hydrogen) atoms. The van der Waals surface area contributed by atoms with Crippen molar-refractivity contribution in [2.75, 3.05) is 71.0 Å². The van der Waals surface area contributed by atoms with Crippen molar-refractivity contribution >= 4 is 69.3 Å². The molecule has 0 aliphatic heterocycles. The average Bonchev–Trinajstić information content (AvgIpc) is 3.12. The molecule has 1 aromatic heterocycles. The maximum Gasteiger partial charge on any atom is 0.251 e. The number of hydrogen-bond donors (Lipinski definition) is 2. The Balaban J connectivity index is 1.46. The third kappa shape index (κ3) is 9.72. The fraction of sp³-hybridized carbons (Fsp3) is 0.297. The Kier molecular flexibility index (Phi) is 14.0. The first-order valence-electron chi connectivity index (χ1n) is 15.8. The van der Waals surface area contributed by atoms with E-state index in [4.69, 9.17) is 42.4 Å². The highest BCUT2D eigenvalue weighted by Gasteiger charge is 2.20. The fourth-order valence-corrected chi connectivity index (χ4v) is 5.73. The number of para-hydroxylation sites is 1. The topological polar surface area (TPSA) is 122 Å². The highest BCUT2D eigenvalue weighted by Crippen LogP contribution is 2.37. The van der Waals surface area contributed by atoms with E-state index in [-0.39, 0.29) is 24.1 Å². The van der Waals surface area contributed by atoms with Gasteiger partial charge in [-0.05, 0) is 55.0 Å². The van der Waals surface area contributed by atoms with Crippen molar-refractivity contribution in [3.63, 3.8) is 0 Å². The zero-order chi connectivity index (χ0) is 36.2. The molecule has 0 spiro atoms. The zero-order valence-electron chi connectivity index (χ0n) is 28.7. The Morgan fingerprint density at radius 1 is 0.940 bits per heavy atom. The molecule has 11 nitrogen and oxygen atoms in total. The highest BCUT2D eigenvalue weighted by molar-refractivity contribution is 6.38. The first-order chi connectivity index (χ1) is 24.1. The van der Waals surface area contributed by atoms with Gasteiger partial charge in [-0.2, -0.15) is 0 Å². The molecule has 0 radical (unpaired) electrons. The van der Waals surface area contributed by atoms with Gasteiger partial charge in [-0.3, -0.25) is 14.4 Å². The lowest BCUT2D eigenvalue weighted by atomic mass is 10.1. The van der Waals surface area contributed by atoms with Crippen LogP contribution in [0.5, 0.6) is 5.75 Å². The van der Waals surface area contributed by atoms with Gasteiger partial charge in [0.2, 0.25) is 11.8 Å². The van der Waals surface area contributed by atoms with E-state index in [0.29, 0.717) is 59.4 Å². The summed E-state index contributed by atoms with van der Waals surface area (Å²) >= 11 is 13.4. The second-order valence-electron chi connectivity index (χ2n) is 11.3. The number of benzene rings is 3. The Morgan fingerprint density at radius 3 is 2.30 bits per heavy atom. The monoisotopic (exact) mass is 721 g/mol. The van der Waals surface area contributed by atoms with Crippen molar-refractivity contribution < 1.29 is 28.6 Å². The van der Waals surface area contributed by atoms with Gasteiger partial charge in [-0.25, -0.2) is 4.98 Å². The maximum absolute atomic E-state index is 13.1. The number of pyridine rings is 1. The summed E-state index contributed by atoms with van der Waals surface area (Å²) in [5.74, 6) is -0.509. The number of rotatable bonds is 16. The molecule has 4 aromatic rings. The van der Waals surface area contributed by atoms with E-state index < -0.39 is 11.8 Å². The van der Waals surface area contributed by atoms with Crippen molar-refractivity contribution in [1.29, 1.82) is 0 Å². The summed E-state index contributed by atoms with van der Waals surface area (Å²) in [6.45, 7) is 4.12. The molecule has 264 valence electrons. The Hall–Kier alpha value is -4.68. The third-order valence-electron chi connectivity index (χ3n) is 7.89. The van der Waals surface area contributed by atoms with Crippen LogP contribution in [0, 0.1) is 6.92 Å². The summed E-state index contributed by atoms with van der Waals surface area (Å²) in [6, 6.07) is 17.8. The Morgan fingerprint density at radius 2 is 1.64 bits per heavy atom. The van der Waals surface area contributed by atoms with Crippen molar-refractivity contribution in [3.05, 3.63) is 99.2 Å². The molecular formula is C37H41Cl2N5O6. The number of likely N-dealkylation sites (N-methyl/N-ethyl adjacent to an activating group) is 1. The molecule has 0 aliphatic carbocycles. The van der Waals surface area contributed by atoms with Gasteiger partial charge in [0.25, 0.3) is 5.91 Å². The summed E-state index contributed by atoms with van der Waals surface area (Å²) < 4.78 is 17.0. The number of nitrogens with zero attached hydrogens (tertiary/aromatic N) is 3. The zero-order valence-corrected chi connectivity index (χ0v) is 30.2. The average molecular weight is 723 g/mol. The fourth-order valence-electron chi connectivity index (χ4n) is 5.13. The van der Waals surface area contributed by atoms with Gasteiger partial charge >= 0.3 is 0 Å². The molecule has 0 atom stereocenters. The number of methoxy groups -OCH3 is 2. The molecular weight excluding hydrogens is 681 g/mol. The van der Waals surface area contributed by atoms with Crippen LogP contribution < -0.4 is 25.2 Å². The molecule has 0 saturated carbocycles. The Bertz CT molecular complexity index is 1840. The normalized spacial score (nSPS) is 11.1. The standard InChI is InChI=1S/C37H41Cl2N5O6/c1-24-21-31(44(17-19-48-4)18-20-49-5)27-7-6-8-32(36(27)42-24)50-23-28-29(38)14-15-30(35(28)39)43(3)34(46)22-41-33(45)16-11-25-9-12-26(13-10-25)37(47)40-2/h6-16,21H,17-20,22-23H2,1-5H3,(H,40,47)(H,41,45)/b16-11+. The van der Waals surface area contributed by atoms with Crippen LogP contribution in [0.4, 0.5) is 11.4 Å². The van der Waals surface area contributed by atoms with Crippen LogP contribution in [-0.2, 0) is 25.7 Å². The van der Waals surface area contributed by atoms with E-state index >= 15 is 0 Å². The van der Waals surface area contributed by atoms with E-state index in [1.807, 2.05) is 31.2 Å². The van der Waals surface area contributed by atoms with E-state index in [0.717, 1.165) is 22.3 Å². The highest BCUT2D eigenvalue weighted by atomic mass is 35.5. The molecule has 2 N–H and O–H groups in total. The minimum Gasteiger partial charge on any atom is -0.487 e. The molecule has 0 bridgehead atoms. The van der Waals surface area contributed by atoms with Crippen molar-refractivity contribution in [2.45, 2.75) is 13.5 Å². The van der Waals surface area contributed by atoms with E-state index in [1.54, 1.807) is 70.8 Å². The number of ether oxygens (including phenoxy) is 3. The van der Waals surface area contributed by atoms with Gasteiger partial charge in [0, 0.05) is 80.4 Å². The lowest BCUT2D eigenvalue weighted by molar-refractivity contribution is -0.122. The van der Waals surface area contributed by atoms with Gasteiger partial charge in [-0.1, -0.05) is 47.5 Å². The van der Waals surface area contributed by atoms with E-state index in [1.165, 1.54) is 11.0 Å². The molecule has 4 rings (SSSR count). The minimum atomic E-state index is -0.457. The van der Waals surface area contributed by atoms with Crippen LogP contribution in [0.25, 0.3) is 17.0 Å². The molecule has 1 heterocycles. The second kappa shape index (κ2) is 18.4. The number of hydrogen-bond acceptors (Lipinski definition) is 8. The van der Waals surface area contributed by atoms with Crippen molar-refractivity contribution in [1.82, 2.24) is 15.6 Å². The molecule has 3 aromatic carbocycles. The van der Waals surface area contributed by atoms with Crippen LogP contribution >= 0.6 is 23.2 Å². The van der Waals surface area contributed by atoms with Gasteiger partial charge in [0.15, 0.2) is 0 Å². The largest absolute Gasteiger partial charge is 0.487 e. The smallest absolute Gasteiger partial charge is 0.251 e. The van der Waals surface area contributed by atoms with Crippen LogP contribution in [0.1, 0.15) is 27.2 Å². The number of carbonyl (C=O) groups excluding carboxylic acids is 3. The van der Waals surface area contributed by atoms with Crippen molar-refractivity contribution in [3.8, 4) is 5.75 Å². The van der Waals surface area contributed by atoms with E-state index in [9.17, 15) is 14.4 Å². The predicted octanol–water partition coefficient (Wildman–Crippen LogP) is 5.68. The molecule has 0 saturated heterocycles. The number of aryl methyl sites for hydroxylation is 1. The van der Waals surface area contributed by atoms with Crippen LogP contribution in [0.15, 0.2) is 66.7 Å². The summed E-state index contributed by atoms with van der Waals surface area (Å²) in [7, 11) is 6.47. The first-order valence-corrected chi connectivity index (χ1v) is 16.6.